The van der Waals surface area contributed by atoms with E-state index in [0.29, 0.717) is 0 Å². The molecule has 25 heavy (non-hydrogen) atoms. The molecule has 1 fully saturated rings. The summed E-state index contributed by atoms with van der Waals surface area (Å²) in [5, 5.41) is 19.2. The Kier molecular flexibility index (Phi) is 4.38. The fourth-order valence-corrected chi connectivity index (χ4v) is 3.15. The van der Waals surface area contributed by atoms with Crippen LogP contribution >= 0.6 is 0 Å². The van der Waals surface area contributed by atoms with Gasteiger partial charge in [0.1, 0.15) is 12.2 Å². The monoisotopic (exact) mass is 339 g/mol. The molecule has 0 spiro atoms. The van der Waals surface area contributed by atoms with E-state index in [0.717, 1.165) is 44.5 Å². The van der Waals surface area contributed by atoms with Crippen molar-refractivity contribution in [3.05, 3.63) is 48.0 Å². The summed E-state index contributed by atoms with van der Waals surface area (Å²) in [6, 6.07) is 10.4. The Morgan fingerprint density at radius 3 is 2.64 bits per heavy atom. The van der Waals surface area contributed by atoms with E-state index in [1.54, 1.807) is 6.33 Å². The molecule has 1 aliphatic heterocycles. The third-order valence-electron chi connectivity index (χ3n) is 4.62. The Hall–Kier alpha value is -2.81. The molecule has 1 aliphatic rings. The highest BCUT2D eigenvalue weighted by Gasteiger charge is 2.24. The standard InChI is InChI=1S/C16H21N9/c1-13(14-5-3-2-4-6-14)25-16(20-21-22-25)24-9-7-23(8-10-24)11-15-17-12-18-19-15/h2-6,12-13H,7-11H2,1H3,(H,17,18,19). The molecule has 4 rings (SSSR count). The molecule has 1 atom stereocenters. The zero-order valence-corrected chi connectivity index (χ0v) is 14.2. The van der Waals surface area contributed by atoms with E-state index in [1.807, 2.05) is 22.9 Å². The molecule has 1 unspecified atom stereocenters. The molecule has 0 saturated carbocycles. The van der Waals surface area contributed by atoms with Crippen molar-refractivity contribution < 1.29 is 0 Å². The van der Waals surface area contributed by atoms with Crippen LogP contribution in [0.1, 0.15) is 24.4 Å². The molecule has 0 radical (unpaired) electrons. The van der Waals surface area contributed by atoms with Gasteiger partial charge in [0.05, 0.1) is 12.6 Å². The van der Waals surface area contributed by atoms with Gasteiger partial charge in [0.2, 0.25) is 5.95 Å². The van der Waals surface area contributed by atoms with Crippen molar-refractivity contribution >= 4 is 5.95 Å². The summed E-state index contributed by atoms with van der Waals surface area (Å²) in [5.74, 6) is 1.73. The zero-order chi connectivity index (χ0) is 17.1. The van der Waals surface area contributed by atoms with Gasteiger partial charge in [-0.2, -0.15) is 5.10 Å². The molecule has 0 aliphatic carbocycles. The number of aromatic amines is 1. The first-order valence-electron chi connectivity index (χ1n) is 8.45. The number of hydrogen-bond donors (Lipinski definition) is 1. The van der Waals surface area contributed by atoms with Crippen molar-refractivity contribution in [1.82, 2.24) is 40.3 Å². The average Bonchev–Trinajstić information content (AvgIpc) is 3.34. The van der Waals surface area contributed by atoms with E-state index in [1.165, 1.54) is 5.56 Å². The van der Waals surface area contributed by atoms with Crippen molar-refractivity contribution in [2.45, 2.75) is 19.5 Å². The molecule has 9 heteroatoms. The number of nitrogens with one attached hydrogen (secondary N) is 1. The maximum absolute atomic E-state index is 4.27. The van der Waals surface area contributed by atoms with Crippen LogP contribution < -0.4 is 4.90 Å². The van der Waals surface area contributed by atoms with Gasteiger partial charge in [-0.1, -0.05) is 35.4 Å². The van der Waals surface area contributed by atoms with E-state index in [4.69, 9.17) is 0 Å². The number of H-pyrrole nitrogens is 1. The van der Waals surface area contributed by atoms with Gasteiger partial charge in [-0.05, 0) is 22.9 Å². The molecule has 130 valence electrons. The van der Waals surface area contributed by atoms with E-state index < -0.39 is 0 Å². The minimum absolute atomic E-state index is 0.0958. The zero-order valence-electron chi connectivity index (χ0n) is 14.2. The topological polar surface area (TPSA) is 91.7 Å². The summed E-state index contributed by atoms with van der Waals surface area (Å²) >= 11 is 0. The van der Waals surface area contributed by atoms with Gasteiger partial charge in [0.15, 0.2) is 0 Å². The van der Waals surface area contributed by atoms with Crippen LogP contribution in [0.15, 0.2) is 36.7 Å². The number of aromatic nitrogens is 7. The SMILES string of the molecule is CC(c1ccccc1)n1nnnc1N1CCN(Cc2ncn[nH]2)CC1. The van der Waals surface area contributed by atoms with Crippen LogP contribution in [0.5, 0.6) is 0 Å². The molecule has 1 aromatic carbocycles. The quantitative estimate of drug-likeness (QED) is 0.732. The van der Waals surface area contributed by atoms with Crippen LogP contribution in [0.4, 0.5) is 5.95 Å². The average molecular weight is 339 g/mol. The lowest BCUT2D eigenvalue weighted by Crippen LogP contribution is -2.47. The lowest BCUT2D eigenvalue weighted by Gasteiger charge is -2.34. The molecule has 0 amide bonds. The normalized spacial score (nSPS) is 16.9. The largest absolute Gasteiger partial charge is 0.337 e. The second-order valence-corrected chi connectivity index (χ2v) is 6.21. The summed E-state index contributed by atoms with van der Waals surface area (Å²) in [7, 11) is 0. The molecule has 9 nitrogen and oxygen atoms in total. The Morgan fingerprint density at radius 1 is 1.12 bits per heavy atom. The number of hydrogen-bond acceptors (Lipinski definition) is 7. The van der Waals surface area contributed by atoms with Crippen LogP contribution in [-0.4, -0.2) is 66.5 Å². The second kappa shape index (κ2) is 6.98. The predicted molar refractivity (Wildman–Crippen MR) is 91.9 cm³/mol. The van der Waals surface area contributed by atoms with Gasteiger partial charge in [-0.25, -0.2) is 9.67 Å². The van der Waals surface area contributed by atoms with Crippen molar-refractivity contribution in [2.75, 3.05) is 31.1 Å². The number of tetrazole rings is 1. The predicted octanol–water partition coefficient (Wildman–Crippen LogP) is 0.723. The third-order valence-corrected chi connectivity index (χ3v) is 4.62. The Bertz CT molecular complexity index is 775. The summed E-state index contributed by atoms with van der Waals surface area (Å²) in [6.45, 7) is 6.56. The van der Waals surface area contributed by atoms with Gasteiger partial charge in [-0.15, -0.1) is 0 Å². The van der Waals surface area contributed by atoms with Crippen LogP contribution in [0, 0.1) is 0 Å². The molecule has 1 N–H and O–H groups in total. The third kappa shape index (κ3) is 3.36. The fourth-order valence-electron chi connectivity index (χ4n) is 3.15. The highest BCUT2D eigenvalue weighted by atomic mass is 15.6. The van der Waals surface area contributed by atoms with Crippen LogP contribution in [0.25, 0.3) is 0 Å². The molecule has 3 aromatic rings. The van der Waals surface area contributed by atoms with Gasteiger partial charge >= 0.3 is 0 Å². The lowest BCUT2D eigenvalue weighted by atomic mass is 10.1. The number of nitrogens with zero attached hydrogens (tertiary/aromatic N) is 8. The number of benzene rings is 1. The first-order valence-corrected chi connectivity index (χ1v) is 8.45. The Labute approximate surface area is 145 Å². The van der Waals surface area contributed by atoms with E-state index in [9.17, 15) is 0 Å². The Morgan fingerprint density at radius 2 is 1.92 bits per heavy atom. The highest BCUT2D eigenvalue weighted by Crippen LogP contribution is 2.22. The number of piperazine rings is 1. The van der Waals surface area contributed by atoms with Crippen molar-refractivity contribution in [3.63, 3.8) is 0 Å². The van der Waals surface area contributed by atoms with Crippen LogP contribution in [0.2, 0.25) is 0 Å². The fraction of sp³-hybridized carbons (Fsp3) is 0.438. The molecular formula is C16H21N9. The van der Waals surface area contributed by atoms with E-state index >= 15 is 0 Å². The van der Waals surface area contributed by atoms with E-state index in [-0.39, 0.29) is 6.04 Å². The number of anilines is 1. The van der Waals surface area contributed by atoms with Gasteiger partial charge in [0, 0.05) is 26.2 Å². The molecule has 0 bridgehead atoms. The lowest BCUT2D eigenvalue weighted by molar-refractivity contribution is 0.242. The highest BCUT2D eigenvalue weighted by molar-refractivity contribution is 5.32. The minimum Gasteiger partial charge on any atom is -0.337 e. The Balaban J connectivity index is 1.43. The second-order valence-electron chi connectivity index (χ2n) is 6.21. The first-order chi connectivity index (χ1) is 12.3. The summed E-state index contributed by atoms with van der Waals surface area (Å²) in [5.41, 5.74) is 1.19. The minimum atomic E-state index is 0.0958. The van der Waals surface area contributed by atoms with Gasteiger partial charge in [-0.3, -0.25) is 10.00 Å². The number of rotatable bonds is 5. The van der Waals surface area contributed by atoms with Crippen molar-refractivity contribution in [1.29, 1.82) is 0 Å². The smallest absolute Gasteiger partial charge is 0.246 e. The van der Waals surface area contributed by atoms with Gasteiger partial charge < -0.3 is 4.90 Å². The summed E-state index contributed by atoms with van der Waals surface area (Å²) in [4.78, 5) is 8.79. The summed E-state index contributed by atoms with van der Waals surface area (Å²) in [6.07, 6.45) is 1.55. The summed E-state index contributed by atoms with van der Waals surface area (Å²) < 4.78 is 1.90. The van der Waals surface area contributed by atoms with Crippen LogP contribution in [0.3, 0.4) is 0 Å². The maximum Gasteiger partial charge on any atom is 0.246 e. The molecular weight excluding hydrogens is 318 g/mol. The molecule has 2 aromatic heterocycles. The molecule has 1 saturated heterocycles. The van der Waals surface area contributed by atoms with Crippen molar-refractivity contribution in [2.24, 2.45) is 0 Å². The van der Waals surface area contributed by atoms with Crippen molar-refractivity contribution in [3.8, 4) is 0 Å². The van der Waals surface area contributed by atoms with Crippen LogP contribution in [-0.2, 0) is 6.54 Å². The maximum atomic E-state index is 4.27. The molecule has 3 heterocycles. The van der Waals surface area contributed by atoms with Gasteiger partial charge in [0.25, 0.3) is 0 Å². The first kappa shape index (κ1) is 15.7. The van der Waals surface area contributed by atoms with E-state index in [2.05, 4.69) is 59.6 Å².